The largest absolute Gasteiger partial charge is 0.379 e. The van der Waals surface area contributed by atoms with Gasteiger partial charge < -0.3 is 9.64 Å². The van der Waals surface area contributed by atoms with Gasteiger partial charge in [0.05, 0.1) is 30.8 Å². The molecule has 2 fully saturated rings. The Kier molecular flexibility index (Phi) is 6.75. The van der Waals surface area contributed by atoms with E-state index in [1.165, 1.54) is 11.1 Å². The van der Waals surface area contributed by atoms with Crippen molar-refractivity contribution in [2.45, 2.75) is 47.1 Å². The number of rotatable bonds is 6. The van der Waals surface area contributed by atoms with E-state index < -0.39 is 0 Å². The van der Waals surface area contributed by atoms with Crippen LogP contribution in [-0.2, 0) is 17.7 Å². The van der Waals surface area contributed by atoms with Crippen LogP contribution >= 0.6 is 0 Å². The van der Waals surface area contributed by atoms with Gasteiger partial charge >= 0.3 is 0 Å². The van der Waals surface area contributed by atoms with Crippen LogP contribution < -0.4 is 4.90 Å². The van der Waals surface area contributed by atoms with Gasteiger partial charge in [0, 0.05) is 50.3 Å². The zero-order valence-electron chi connectivity index (χ0n) is 22.7. The Morgan fingerprint density at radius 2 is 1.76 bits per heavy atom. The van der Waals surface area contributed by atoms with E-state index in [1.807, 2.05) is 30.8 Å². The predicted octanol–water partition coefficient (Wildman–Crippen LogP) is 3.11. The minimum absolute atomic E-state index is 0.527. The number of pyridine rings is 1. The van der Waals surface area contributed by atoms with E-state index in [1.54, 1.807) is 0 Å². The van der Waals surface area contributed by atoms with Crippen LogP contribution in [0.5, 0.6) is 0 Å². The van der Waals surface area contributed by atoms with E-state index in [0.717, 1.165) is 98.9 Å². The third kappa shape index (κ3) is 4.98. The highest BCUT2D eigenvalue weighted by molar-refractivity contribution is 5.58. The maximum Gasteiger partial charge on any atom is 0.252 e. The van der Waals surface area contributed by atoms with Crippen molar-refractivity contribution in [1.82, 2.24) is 39.4 Å². The molecule has 198 valence electrons. The number of nitrogens with zero attached hydrogens (tertiary/aromatic N) is 9. The molecule has 0 saturated carbocycles. The lowest BCUT2D eigenvalue weighted by Gasteiger charge is -2.26. The Hall–Kier alpha value is -3.50. The fraction of sp³-hybridized carbons (Fsp3) is 0.500. The highest BCUT2D eigenvalue weighted by Crippen LogP contribution is 2.28. The first kappa shape index (κ1) is 24.8. The molecule has 2 aliphatic heterocycles. The smallest absolute Gasteiger partial charge is 0.252 e. The van der Waals surface area contributed by atoms with Crippen LogP contribution in [0, 0.1) is 33.6 Å². The fourth-order valence-electron chi connectivity index (χ4n) is 5.65. The highest BCUT2D eigenvalue weighted by Gasteiger charge is 2.26. The molecule has 10 nitrogen and oxygen atoms in total. The Balaban J connectivity index is 1.12. The summed E-state index contributed by atoms with van der Waals surface area (Å²) in [6, 6.07) is 4.21. The number of aromatic nitrogens is 7. The molecule has 0 aromatic carbocycles. The SMILES string of the molecule is Cc1nc2nc(C)c(CC3CCN(c4cnc(-c5ccc(CN6CCOCC6)cn5)c(C)n4)C3)c(C)n2n1. The van der Waals surface area contributed by atoms with Gasteiger partial charge in [-0.15, -0.1) is 0 Å². The van der Waals surface area contributed by atoms with Crippen molar-refractivity contribution in [2.24, 2.45) is 5.92 Å². The molecular formula is C28H35N9O. The number of anilines is 1. The van der Waals surface area contributed by atoms with Crippen molar-refractivity contribution >= 4 is 11.6 Å². The second-order valence-electron chi connectivity index (χ2n) is 10.5. The van der Waals surface area contributed by atoms with Crippen LogP contribution in [0.4, 0.5) is 5.82 Å². The van der Waals surface area contributed by atoms with E-state index >= 15 is 0 Å². The Morgan fingerprint density at radius 3 is 2.53 bits per heavy atom. The third-order valence-electron chi connectivity index (χ3n) is 7.77. The fourth-order valence-corrected chi connectivity index (χ4v) is 5.65. The topological polar surface area (TPSA) is 97.5 Å². The van der Waals surface area contributed by atoms with Crippen molar-refractivity contribution in [1.29, 1.82) is 0 Å². The summed E-state index contributed by atoms with van der Waals surface area (Å²) in [5.41, 5.74) is 7.27. The lowest BCUT2D eigenvalue weighted by Crippen LogP contribution is -2.35. The van der Waals surface area contributed by atoms with E-state index in [0.29, 0.717) is 11.7 Å². The molecule has 10 heteroatoms. The molecule has 0 radical (unpaired) electrons. The summed E-state index contributed by atoms with van der Waals surface area (Å²) in [6.07, 6.45) is 5.95. The van der Waals surface area contributed by atoms with Crippen LogP contribution in [0.15, 0.2) is 24.5 Å². The van der Waals surface area contributed by atoms with Gasteiger partial charge in [0.2, 0.25) is 0 Å². The molecule has 2 saturated heterocycles. The average molecular weight is 514 g/mol. The zero-order chi connectivity index (χ0) is 26.2. The molecule has 0 amide bonds. The van der Waals surface area contributed by atoms with E-state index in [-0.39, 0.29) is 0 Å². The van der Waals surface area contributed by atoms with Crippen LogP contribution in [0.1, 0.15) is 40.5 Å². The van der Waals surface area contributed by atoms with Gasteiger partial charge in [0.25, 0.3) is 5.78 Å². The van der Waals surface area contributed by atoms with Gasteiger partial charge in [-0.1, -0.05) is 6.07 Å². The molecule has 6 heterocycles. The Morgan fingerprint density at radius 1 is 0.921 bits per heavy atom. The van der Waals surface area contributed by atoms with Gasteiger partial charge in [0.15, 0.2) is 0 Å². The zero-order valence-corrected chi connectivity index (χ0v) is 22.7. The van der Waals surface area contributed by atoms with Crippen LogP contribution in [-0.4, -0.2) is 78.8 Å². The van der Waals surface area contributed by atoms with Crippen molar-refractivity contribution < 1.29 is 4.74 Å². The summed E-state index contributed by atoms with van der Waals surface area (Å²) in [4.78, 5) is 28.3. The molecule has 6 rings (SSSR count). The minimum Gasteiger partial charge on any atom is -0.379 e. The number of aryl methyl sites for hydroxylation is 4. The first-order valence-electron chi connectivity index (χ1n) is 13.5. The van der Waals surface area contributed by atoms with Crippen molar-refractivity contribution in [2.75, 3.05) is 44.3 Å². The maximum atomic E-state index is 5.45. The summed E-state index contributed by atoms with van der Waals surface area (Å²) in [5.74, 6) is 2.90. The van der Waals surface area contributed by atoms with Crippen LogP contribution in [0.2, 0.25) is 0 Å². The second kappa shape index (κ2) is 10.3. The molecule has 0 N–H and O–H groups in total. The van der Waals surface area contributed by atoms with Gasteiger partial charge in [-0.2, -0.15) is 10.1 Å². The molecule has 4 aromatic rings. The van der Waals surface area contributed by atoms with Crippen molar-refractivity contribution in [3.05, 3.63) is 58.6 Å². The summed E-state index contributed by atoms with van der Waals surface area (Å²) < 4.78 is 7.32. The third-order valence-corrected chi connectivity index (χ3v) is 7.77. The number of hydrogen-bond acceptors (Lipinski definition) is 9. The Bertz CT molecular complexity index is 1440. The number of hydrogen-bond donors (Lipinski definition) is 0. The summed E-state index contributed by atoms with van der Waals surface area (Å²) in [6.45, 7) is 14.5. The predicted molar refractivity (Wildman–Crippen MR) is 145 cm³/mol. The van der Waals surface area contributed by atoms with Crippen LogP contribution in [0.25, 0.3) is 17.2 Å². The standard InChI is InChI=1S/C28H35N9O/c1-18-24(20(3)37-28(32-18)33-21(4)34-37)13-22-7-8-36(17-22)26-15-30-27(19(2)31-26)25-6-5-23(14-29-25)16-35-9-11-38-12-10-35/h5-6,14-15,22H,7-13,16-17H2,1-4H3. The summed E-state index contributed by atoms with van der Waals surface area (Å²) in [5, 5.41) is 4.53. The quantitative estimate of drug-likeness (QED) is 0.385. The number of fused-ring (bicyclic) bond motifs is 1. The average Bonchev–Trinajstić information content (AvgIpc) is 3.54. The highest BCUT2D eigenvalue weighted by atomic mass is 16.5. The first-order chi connectivity index (χ1) is 18.4. The molecule has 38 heavy (non-hydrogen) atoms. The van der Waals surface area contributed by atoms with E-state index in [4.69, 9.17) is 24.7 Å². The van der Waals surface area contributed by atoms with Crippen molar-refractivity contribution in [3.8, 4) is 11.4 Å². The van der Waals surface area contributed by atoms with E-state index in [2.05, 4.69) is 45.9 Å². The van der Waals surface area contributed by atoms with Gasteiger partial charge in [-0.25, -0.2) is 19.5 Å². The molecule has 1 unspecified atom stereocenters. The molecule has 0 aliphatic carbocycles. The maximum absolute atomic E-state index is 5.45. The van der Waals surface area contributed by atoms with E-state index in [9.17, 15) is 0 Å². The van der Waals surface area contributed by atoms with Crippen molar-refractivity contribution in [3.63, 3.8) is 0 Å². The number of ether oxygens (including phenoxy) is 1. The molecule has 0 spiro atoms. The van der Waals surface area contributed by atoms with Gasteiger partial charge in [-0.05, 0) is 63.6 Å². The second-order valence-corrected chi connectivity index (χ2v) is 10.5. The molecule has 1 atom stereocenters. The van der Waals surface area contributed by atoms with Gasteiger partial charge in [0.1, 0.15) is 17.3 Å². The molecule has 4 aromatic heterocycles. The minimum atomic E-state index is 0.527. The molecule has 0 bridgehead atoms. The molecular weight excluding hydrogens is 478 g/mol. The van der Waals surface area contributed by atoms with Crippen LogP contribution in [0.3, 0.4) is 0 Å². The number of morpholine rings is 1. The monoisotopic (exact) mass is 513 g/mol. The lowest BCUT2D eigenvalue weighted by atomic mass is 9.96. The van der Waals surface area contributed by atoms with Gasteiger partial charge in [-0.3, -0.25) is 9.88 Å². The molecule has 2 aliphatic rings. The first-order valence-corrected chi connectivity index (χ1v) is 13.5. The summed E-state index contributed by atoms with van der Waals surface area (Å²) >= 11 is 0. The lowest BCUT2D eigenvalue weighted by molar-refractivity contribution is 0.0341. The summed E-state index contributed by atoms with van der Waals surface area (Å²) in [7, 11) is 0. The normalized spacial score (nSPS) is 18.5. The Labute approximate surface area is 223 Å².